The molecule has 0 radical (unpaired) electrons. The van der Waals surface area contributed by atoms with Gasteiger partial charge in [-0.25, -0.2) is 4.98 Å². The molecular weight excluding hydrogens is 311 g/mol. The molecule has 8 heteroatoms. The molecule has 0 amide bonds. The first-order chi connectivity index (χ1) is 10.7. The number of carboxylic acids is 1. The number of alkyl halides is 3. The second-order valence-electron chi connectivity index (χ2n) is 5.20. The molecule has 23 heavy (non-hydrogen) atoms. The summed E-state index contributed by atoms with van der Waals surface area (Å²) in [6.45, 7) is 0.104. The number of rotatable bonds is 5. The van der Waals surface area contributed by atoms with Crippen molar-refractivity contribution in [1.82, 2.24) is 14.5 Å². The van der Waals surface area contributed by atoms with Gasteiger partial charge in [0, 0.05) is 19.4 Å². The van der Waals surface area contributed by atoms with Crippen molar-refractivity contribution in [3.8, 4) is 0 Å². The van der Waals surface area contributed by atoms with Gasteiger partial charge in [0.05, 0.1) is 12.1 Å². The first kappa shape index (κ1) is 17.0. The number of aryl methyl sites for hydroxylation is 1. The van der Waals surface area contributed by atoms with Crippen molar-refractivity contribution >= 4 is 5.97 Å². The Morgan fingerprint density at radius 3 is 2.57 bits per heavy atom. The molecule has 1 unspecified atom stereocenters. The summed E-state index contributed by atoms with van der Waals surface area (Å²) >= 11 is 0. The molecule has 0 aliphatic heterocycles. The first-order valence-corrected chi connectivity index (χ1v) is 6.77. The SMILES string of the molecule is CN(Cc1nccn1C)C(C(=O)O)c1ccccc1C(F)(F)F. The third-order valence-corrected chi connectivity index (χ3v) is 3.55. The number of aliphatic carboxylic acids is 1. The van der Waals surface area contributed by atoms with E-state index in [1.54, 1.807) is 24.0 Å². The minimum Gasteiger partial charge on any atom is -0.480 e. The van der Waals surface area contributed by atoms with E-state index in [-0.39, 0.29) is 12.1 Å². The minimum absolute atomic E-state index is 0.104. The van der Waals surface area contributed by atoms with Crippen LogP contribution in [0.3, 0.4) is 0 Å². The highest BCUT2D eigenvalue weighted by Gasteiger charge is 2.38. The molecule has 0 bridgehead atoms. The molecule has 2 aromatic rings. The number of halogens is 3. The van der Waals surface area contributed by atoms with E-state index < -0.39 is 23.8 Å². The molecule has 5 nitrogen and oxygen atoms in total. The summed E-state index contributed by atoms with van der Waals surface area (Å²) in [7, 11) is 3.19. The molecule has 1 atom stereocenters. The number of imidazole rings is 1. The Morgan fingerprint density at radius 2 is 2.04 bits per heavy atom. The van der Waals surface area contributed by atoms with Crippen LogP contribution >= 0.6 is 0 Å². The molecule has 1 N–H and O–H groups in total. The van der Waals surface area contributed by atoms with E-state index in [0.717, 1.165) is 6.07 Å². The summed E-state index contributed by atoms with van der Waals surface area (Å²) < 4.78 is 41.1. The molecule has 0 fully saturated rings. The molecule has 1 aromatic carbocycles. The molecular formula is C15H16F3N3O2. The normalized spacial score (nSPS) is 13.3. The zero-order chi connectivity index (χ0) is 17.2. The van der Waals surface area contributed by atoms with Gasteiger partial charge in [0.15, 0.2) is 0 Å². The Balaban J connectivity index is 2.40. The lowest BCUT2D eigenvalue weighted by Gasteiger charge is -2.27. The molecule has 124 valence electrons. The van der Waals surface area contributed by atoms with Gasteiger partial charge < -0.3 is 9.67 Å². The summed E-state index contributed by atoms with van der Waals surface area (Å²) in [6.07, 6.45) is -1.39. The zero-order valence-corrected chi connectivity index (χ0v) is 12.6. The van der Waals surface area contributed by atoms with Crippen LogP contribution in [0.25, 0.3) is 0 Å². The van der Waals surface area contributed by atoms with Crippen molar-refractivity contribution in [2.75, 3.05) is 7.05 Å². The molecule has 1 aromatic heterocycles. The van der Waals surface area contributed by atoms with Crippen LogP contribution in [0.4, 0.5) is 13.2 Å². The summed E-state index contributed by atoms with van der Waals surface area (Å²) in [5, 5.41) is 9.45. The number of hydrogen-bond acceptors (Lipinski definition) is 3. The number of carbonyl (C=O) groups is 1. The summed E-state index contributed by atoms with van der Waals surface area (Å²) in [6, 6.07) is 3.29. The van der Waals surface area contributed by atoms with Gasteiger partial charge >= 0.3 is 12.1 Å². The van der Waals surface area contributed by atoms with Gasteiger partial charge in [-0.2, -0.15) is 13.2 Å². The van der Waals surface area contributed by atoms with Crippen LogP contribution in [0.5, 0.6) is 0 Å². The second kappa shape index (κ2) is 6.41. The van der Waals surface area contributed by atoms with Crippen LogP contribution in [0.15, 0.2) is 36.7 Å². The van der Waals surface area contributed by atoms with Gasteiger partial charge in [-0.1, -0.05) is 18.2 Å². The Bertz CT molecular complexity index is 697. The van der Waals surface area contributed by atoms with Crippen LogP contribution in [-0.2, 0) is 24.6 Å². The minimum atomic E-state index is -4.62. The highest BCUT2D eigenvalue weighted by molar-refractivity contribution is 5.76. The lowest BCUT2D eigenvalue weighted by atomic mass is 9.99. The van der Waals surface area contributed by atoms with E-state index in [9.17, 15) is 23.1 Å². The lowest BCUT2D eigenvalue weighted by Crippen LogP contribution is -2.33. The Kier molecular flexibility index (Phi) is 4.74. The van der Waals surface area contributed by atoms with Crippen molar-refractivity contribution in [3.05, 3.63) is 53.6 Å². The number of likely N-dealkylation sites (N-methyl/N-ethyl adjacent to an activating group) is 1. The number of aromatic nitrogens is 2. The predicted octanol–water partition coefficient (Wildman–Crippen LogP) is 2.70. The average Bonchev–Trinajstić information content (AvgIpc) is 2.83. The van der Waals surface area contributed by atoms with Gasteiger partial charge in [0.25, 0.3) is 0 Å². The molecule has 0 aliphatic carbocycles. The monoisotopic (exact) mass is 327 g/mol. The molecule has 0 aliphatic rings. The molecule has 0 saturated heterocycles. The molecule has 2 rings (SSSR count). The first-order valence-electron chi connectivity index (χ1n) is 6.77. The van der Waals surface area contributed by atoms with Crippen LogP contribution < -0.4 is 0 Å². The van der Waals surface area contributed by atoms with Gasteiger partial charge in [-0.15, -0.1) is 0 Å². The Labute approximate surface area is 131 Å². The second-order valence-corrected chi connectivity index (χ2v) is 5.20. The predicted molar refractivity (Wildman–Crippen MR) is 76.5 cm³/mol. The van der Waals surface area contributed by atoms with E-state index in [4.69, 9.17) is 0 Å². The van der Waals surface area contributed by atoms with E-state index in [1.807, 2.05) is 0 Å². The van der Waals surface area contributed by atoms with Crippen molar-refractivity contribution in [2.45, 2.75) is 18.8 Å². The van der Waals surface area contributed by atoms with E-state index in [0.29, 0.717) is 5.82 Å². The number of hydrogen-bond donors (Lipinski definition) is 1. The van der Waals surface area contributed by atoms with Crippen LogP contribution in [0.1, 0.15) is 23.0 Å². The number of nitrogens with zero attached hydrogens (tertiary/aromatic N) is 3. The highest BCUT2D eigenvalue weighted by atomic mass is 19.4. The average molecular weight is 327 g/mol. The van der Waals surface area contributed by atoms with Crippen molar-refractivity contribution in [3.63, 3.8) is 0 Å². The van der Waals surface area contributed by atoms with Crippen molar-refractivity contribution < 1.29 is 23.1 Å². The van der Waals surface area contributed by atoms with Crippen LogP contribution in [0, 0.1) is 0 Å². The Hall–Kier alpha value is -2.35. The quantitative estimate of drug-likeness (QED) is 0.917. The van der Waals surface area contributed by atoms with Gasteiger partial charge in [0.1, 0.15) is 11.9 Å². The lowest BCUT2D eigenvalue weighted by molar-refractivity contribution is -0.145. The molecule has 1 heterocycles. The summed E-state index contributed by atoms with van der Waals surface area (Å²) in [5.74, 6) is -0.790. The van der Waals surface area contributed by atoms with E-state index in [1.165, 1.54) is 30.1 Å². The number of carboxylic acid groups (broad SMARTS) is 1. The van der Waals surface area contributed by atoms with Crippen LogP contribution in [0.2, 0.25) is 0 Å². The van der Waals surface area contributed by atoms with Gasteiger partial charge in [-0.3, -0.25) is 9.69 Å². The van der Waals surface area contributed by atoms with Crippen molar-refractivity contribution in [2.24, 2.45) is 7.05 Å². The highest BCUT2D eigenvalue weighted by Crippen LogP contribution is 2.36. The fraction of sp³-hybridized carbons (Fsp3) is 0.333. The summed E-state index contributed by atoms with van der Waals surface area (Å²) in [5.41, 5.74) is -1.23. The van der Waals surface area contributed by atoms with E-state index >= 15 is 0 Å². The standard InChI is InChI=1S/C15H16F3N3O2/c1-20-8-7-19-12(20)9-21(2)13(14(22)23)10-5-3-4-6-11(10)15(16,17)18/h3-8,13H,9H2,1-2H3,(H,22,23). The van der Waals surface area contributed by atoms with E-state index in [2.05, 4.69) is 4.98 Å². The smallest absolute Gasteiger partial charge is 0.416 e. The van der Waals surface area contributed by atoms with Crippen molar-refractivity contribution in [1.29, 1.82) is 0 Å². The maximum absolute atomic E-state index is 13.1. The van der Waals surface area contributed by atoms with Gasteiger partial charge in [0.2, 0.25) is 0 Å². The van der Waals surface area contributed by atoms with Crippen LogP contribution in [-0.4, -0.2) is 32.6 Å². The maximum Gasteiger partial charge on any atom is 0.416 e. The third kappa shape index (κ3) is 3.70. The largest absolute Gasteiger partial charge is 0.480 e. The fourth-order valence-corrected chi connectivity index (χ4v) is 2.42. The topological polar surface area (TPSA) is 58.4 Å². The molecule has 0 spiro atoms. The summed E-state index contributed by atoms with van der Waals surface area (Å²) in [4.78, 5) is 17.0. The Morgan fingerprint density at radius 1 is 1.39 bits per heavy atom. The van der Waals surface area contributed by atoms with Gasteiger partial charge in [-0.05, 0) is 18.7 Å². The third-order valence-electron chi connectivity index (χ3n) is 3.55. The maximum atomic E-state index is 13.1. The number of benzene rings is 1. The zero-order valence-electron chi connectivity index (χ0n) is 12.6. The fourth-order valence-electron chi connectivity index (χ4n) is 2.42. The molecule has 0 saturated carbocycles.